The van der Waals surface area contributed by atoms with E-state index in [0.29, 0.717) is 29.4 Å². The second-order valence-corrected chi connectivity index (χ2v) is 5.25. The number of methoxy groups -OCH3 is 3. The minimum atomic E-state index is -0.119. The molecule has 5 nitrogen and oxygen atoms in total. The van der Waals surface area contributed by atoms with Crippen LogP contribution in [0.4, 0.5) is 5.69 Å². The van der Waals surface area contributed by atoms with Gasteiger partial charge in [0.15, 0.2) is 11.5 Å². The summed E-state index contributed by atoms with van der Waals surface area (Å²) in [7, 11) is 4.60. The highest BCUT2D eigenvalue weighted by atomic mass is 16.5. The lowest BCUT2D eigenvalue weighted by Crippen LogP contribution is -2.31. The number of amides is 1. The van der Waals surface area contributed by atoms with Gasteiger partial charge in [-0.05, 0) is 37.6 Å². The fourth-order valence-corrected chi connectivity index (χ4v) is 2.65. The van der Waals surface area contributed by atoms with Crippen molar-refractivity contribution in [1.82, 2.24) is 0 Å². The smallest absolute Gasteiger partial charge is 0.258 e. The van der Waals surface area contributed by atoms with Crippen LogP contribution in [0.1, 0.15) is 22.8 Å². The fraction of sp³-hybridized carbons (Fsp3) is 0.316. The Morgan fingerprint density at radius 3 is 2.04 bits per heavy atom. The van der Waals surface area contributed by atoms with E-state index < -0.39 is 0 Å². The minimum Gasteiger partial charge on any atom is -0.493 e. The first kappa shape index (κ1) is 17.7. The molecule has 0 saturated carbocycles. The molecule has 0 radical (unpaired) electrons. The van der Waals surface area contributed by atoms with Crippen LogP contribution >= 0.6 is 0 Å². The quantitative estimate of drug-likeness (QED) is 0.811. The van der Waals surface area contributed by atoms with Crippen LogP contribution in [0.15, 0.2) is 36.4 Å². The largest absolute Gasteiger partial charge is 0.493 e. The predicted octanol–water partition coefficient (Wildman–Crippen LogP) is 3.69. The van der Waals surface area contributed by atoms with Gasteiger partial charge in [0.25, 0.3) is 5.91 Å². The van der Waals surface area contributed by atoms with Gasteiger partial charge in [0.1, 0.15) is 0 Å². The van der Waals surface area contributed by atoms with Crippen LogP contribution in [0, 0.1) is 6.92 Å². The third-order valence-corrected chi connectivity index (χ3v) is 3.88. The number of aryl methyl sites for hydroxylation is 1. The molecular formula is C19H23NO4. The van der Waals surface area contributed by atoms with E-state index in [-0.39, 0.29) is 5.91 Å². The van der Waals surface area contributed by atoms with Gasteiger partial charge < -0.3 is 19.1 Å². The van der Waals surface area contributed by atoms with Crippen molar-refractivity contribution in [1.29, 1.82) is 0 Å². The molecule has 0 N–H and O–H groups in total. The Labute approximate surface area is 142 Å². The van der Waals surface area contributed by atoms with Gasteiger partial charge in [-0.25, -0.2) is 0 Å². The van der Waals surface area contributed by atoms with Crippen LogP contribution < -0.4 is 19.1 Å². The molecule has 0 heterocycles. The number of benzene rings is 2. The van der Waals surface area contributed by atoms with Crippen molar-refractivity contribution < 1.29 is 19.0 Å². The third-order valence-electron chi connectivity index (χ3n) is 3.88. The van der Waals surface area contributed by atoms with Crippen LogP contribution in [0.5, 0.6) is 17.2 Å². The molecule has 2 aromatic rings. The van der Waals surface area contributed by atoms with E-state index in [1.165, 1.54) is 21.3 Å². The average Bonchev–Trinajstić information content (AvgIpc) is 2.62. The predicted molar refractivity (Wildman–Crippen MR) is 94.6 cm³/mol. The first-order valence-corrected chi connectivity index (χ1v) is 7.74. The molecule has 0 aliphatic heterocycles. The Balaban J connectivity index is 2.50. The van der Waals surface area contributed by atoms with Crippen LogP contribution in [-0.4, -0.2) is 33.8 Å². The van der Waals surface area contributed by atoms with Crippen LogP contribution in [0.2, 0.25) is 0 Å². The zero-order chi connectivity index (χ0) is 17.7. The first-order chi connectivity index (χ1) is 11.6. The van der Waals surface area contributed by atoms with Gasteiger partial charge in [-0.3, -0.25) is 4.79 Å². The number of carbonyl (C=O) groups excluding carboxylic acids is 1. The zero-order valence-electron chi connectivity index (χ0n) is 14.8. The van der Waals surface area contributed by atoms with Crippen molar-refractivity contribution in [2.24, 2.45) is 0 Å². The molecule has 0 spiro atoms. The number of anilines is 1. The van der Waals surface area contributed by atoms with E-state index >= 15 is 0 Å². The maximum absolute atomic E-state index is 13.0. The summed E-state index contributed by atoms with van der Waals surface area (Å²) in [4.78, 5) is 14.8. The number of para-hydroxylation sites is 1. The highest BCUT2D eigenvalue weighted by molar-refractivity contribution is 6.07. The van der Waals surface area contributed by atoms with Gasteiger partial charge in [-0.1, -0.05) is 18.2 Å². The van der Waals surface area contributed by atoms with E-state index in [1.54, 1.807) is 17.0 Å². The third kappa shape index (κ3) is 3.30. The number of hydrogen-bond donors (Lipinski definition) is 0. The van der Waals surface area contributed by atoms with Crippen molar-refractivity contribution in [3.8, 4) is 17.2 Å². The molecule has 0 saturated heterocycles. The summed E-state index contributed by atoms with van der Waals surface area (Å²) < 4.78 is 16.0. The van der Waals surface area contributed by atoms with Gasteiger partial charge in [-0.15, -0.1) is 0 Å². The Morgan fingerprint density at radius 2 is 1.58 bits per heavy atom. The lowest BCUT2D eigenvalue weighted by atomic mass is 10.1. The highest BCUT2D eigenvalue weighted by Gasteiger charge is 2.22. The number of nitrogens with zero attached hydrogens (tertiary/aromatic N) is 1. The minimum absolute atomic E-state index is 0.119. The maximum Gasteiger partial charge on any atom is 0.258 e. The molecule has 0 aromatic heterocycles. The van der Waals surface area contributed by atoms with Gasteiger partial charge in [0.05, 0.1) is 21.3 Å². The summed E-state index contributed by atoms with van der Waals surface area (Å²) in [6, 6.07) is 11.1. The monoisotopic (exact) mass is 329 g/mol. The Hall–Kier alpha value is -2.69. The average molecular weight is 329 g/mol. The summed E-state index contributed by atoms with van der Waals surface area (Å²) in [6.45, 7) is 4.49. The van der Waals surface area contributed by atoms with E-state index in [1.807, 2.05) is 38.1 Å². The van der Waals surface area contributed by atoms with Gasteiger partial charge in [0, 0.05) is 17.8 Å². The van der Waals surface area contributed by atoms with Gasteiger partial charge in [-0.2, -0.15) is 0 Å². The summed E-state index contributed by atoms with van der Waals surface area (Å²) in [5, 5.41) is 0. The van der Waals surface area contributed by atoms with Gasteiger partial charge >= 0.3 is 0 Å². The Kier molecular flexibility index (Phi) is 5.68. The summed E-state index contributed by atoms with van der Waals surface area (Å²) in [5.74, 6) is 1.27. The van der Waals surface area contributed by atoms with Crippen LogP contribution in [0.25, 0.3) is 0 Å². The molecular weight excluding hydrogens is 306 g/mol. The summed E-state index contributed by atoms with van der Waals surface area (Å²) in [6.07, 6.45) is 0. The number of rotatable bonds is 6. The number of ether oxygens (including phenoxy) is 3. The molecule has 5 heteroatoms. The summed E-state index contributed by atoms with van der Waals surface area (Å²) in [5.41, 5.74) is 2.41. The van der Waals surface area contributed by atoms with Crippen molar-refractivity contribution in [2.75, 3.05) is 32.8 Å². The zero-order valence-corrected chi connectivity index (χ0v) is 14.8. The standard InChI is InChI=1S/C19H23NO4/c1-6-20(15-10-8-7-9-13(15)2)19(21)14-11-16(22-3)18(24-5)17(12-14)23-4/h7-12H,6H2,1-5H3. The highest BCUT2D eigenvalue weighted by Crippen LogP contribution is 2.38. The Bertz CT molecular complexity index is 702. The van der Waals surface area contributed by atoms with Crippen molar-refractivity contribution in [3.05, 3.63) is 47.5 Å². The van der Waals surface area contributed by atoms with Crippen LogP contribution in [0.3, 0.4) is 0 Å². The van der Waals surface area contributed by atoms with Crippen LogP contribution in [-0.2, 0) is 0 Å². The molecule has 0 unspecified atom stereocenters. The first-order valence-electron chi connectivity index (χ1n) is 7.74. The van der Waals surface area contributed by atoms with E-state index in [9.17, 15) is 4.79 Å². The second kappa shape index (κ2) is 7.73. The molecule has 0 atom stereocenters. The molecule has 0 bridgehead atoms. The van der Waals surface area contributed by atoms with Crippen molar-refractivity contribution in [3.63, 3.8) is 0 Å². The fourth-order valence-electron chi connectivity index (χ4n) is 2.65. The normalized spacial score (nSPS) is 10.2. The molecule has 1 amide bonds. The van der Waals surface area contributed by atoms with E-state index in [2.05, 4.69) is 0 Å². The van der Waals surface area contributed by atoms with E-state index in [4.69, 9.17) is 14.2 Å². The molecule has 2 aromatic carbocycles. The Morgan fingerprint density at radius 1 is 1.00 bits per heavy atom. The number of carbonyl (C=O) groups is 1. The van der Waals surface area contributed by atoms with Crippen molar-refractivity contribution >= 4 is 11.6 Å². The molecule has 2 rings (SSSR count). The lowest BCUT2D eigenvalue weighted by Gasteiger charge is -2.24. The SMILES string of the molecule is CCN(C(=O)c1cc(OC)c(OC)c(OC)c1)c1ccccc1C. The van der Waals surface area contributed by atoms with Gasteiger partial charge in [0.2, 0.25) is 5.75 Å². The van der Waals surface area contributed by atoms with E-state index in [0.717, 1.165) is 11.3 Å². The second-order valence-electron chi connectivity index (χ2n) is 5.25. The summed E-state index contributed by atoms with van der Waals surface area (Å²) >= 11 is 0. The molecule has 0 aliphatic rings. The molecule has 128 valence electrons. The maximum atomic E-state index is 13.0. The molecule has 0 aliphatic carbocycles. The molecule has 0 fully saturated rings. The topological polar surface area (TPSA) is 48.0 Å². The molecule has 24 heavy (non-hydrogen) atoms. The number of hydrogen-bond acceptors (Lipinski definition) is 4. The van der Waals surface area contributed by atoms with Crippen molar-refractivity contribution in [2.45, 2.75) is 13.8 Å². The lowest BCUT2D eigenvalue weighted by molar-refractivity contribution is 0.0987.